The maximum absolute atomic E-state index is 5.92. The second-order valence-electron chi connectivity index (χ2n) is 4.93. The molecule has 0 fully saturated rings. The van der Waals surface area contributed by atoms with Gasteiger partial charge in [0.15, 0.2) is 0 Å². The summed E-state index contributed by atoms with van der Waals surface area (Å²) in [4.78, 5) is 0. The van der Waals surface area contributed by atoms with Crippen molar-refractivity contribution in [2.75, 3.05) is 0 Å². The number of furan rings is 1. The molecule has 0 radical (unpaired) electrons. The highest BCUT2D eigenvalue weighted by Crippen LogP contribution is 2.26. The molecule has 1 heterocycles. The SMILES string of the molecule is CCCCc1ccc(-c2ccc3ccccc3c2)o1. The van der Waals surface area contributed by atoms with E-state index in [4.69, 9.17) is 4.42 Å². The van der Waals surface area contributed by atoms with E-state index in [0.29, 0.717) is 0 Å². The van der Waals surface area contributed by atoms with Crippen LogP contribution in [-0.2, 0) is 6.42 Å². The summed E-state index contributed by atoms with van der Waals surface area (Å²) in [6, 6.07) is 19.1. The van der Waals surface area contributed by atoms with E-state index in [9.17, 15) is 0 Å². The average molecular weight is 250 g/mol. The molecule has 3 rings (SSSR count). The molecular weight excluding hydrogens is 232 g/mol. The van der Waals surface area contributed by atoms with Crippen molar-refractivity contribution in [1.29, 1.82) is 0 Å². The van der Waals surface area contributed by atoms with Gasteiger partial charge in [-0.25, -0.2) is 0 Å². The molecule has 0 aliphatic heterocycles. The summed E-state index contributed by atoms with van der Waals surface area (Å²) in [6.07, 6.45) is 3.42. The molecule has 0 aliphatic carbocycles. The van der Waals surface area contributed by atoms with E-state index in [-0.39, 0.29) is 0 Å². The zero-order valence-electron chi connectivity index (χ0n) is 11.2. The third-order valence-electron chi connectivity index (χ3n) is 3.47. The van der Waals surface area contributed by atoms with Crippen molar-refractivity contribution in [3.8, 4) is 11.3 Å². The monoisotopic (exact) mass is 250 g/mol. The number of aryl methyl sites for hydroxylation is 1. The van der Waals surface area contributed by atoms with E-state index in [1.807, 2.05) is 0 Å². The summed E-state index contributed by atoms with van der Waals surface area (Å²) in [7, 11) is 0. The van der Waals surface area contributed by atoms with Crippen LogP contribution in [0.5, 0.6) is 0 Å². The lowest BCUT2D eigenvalue weighted by Gasteiger charge is -2.01. The predicted octanol–water partition coefficient (Wildman–Crippen LogP) is 5.44. The fraction of sp³-hybridized carbons (Fsp3) is 0.222. The van der Waals surface area contributed by atoms with Crippen LogP contribution in [0.25, 0.3) is 22.1 Å². The molecule has 0 N–H and O–H groups in total. The van der Waals surface area contributed by atoms with Crippen LogP contribution in [0, 0.1) is 0 Å². The zero-order valence-corrected chi connectivity index (χ0v) is 11.2. The Morgan fingerprint density at radius 3 is 2.58 bits per heavy atom. The van der Waals surface area contributed by atoms with Crippen molar-refractivity contribution in [3.63, 3.8) is 0 Å². The topological polar surface area (TPSA) is 13.1 Å². The minimum Gasteiger partial charge on any atom is -0.461 e. The molecule has 2 aromatic carbocycles. The average Bonchev–Trinajstić information content (AvgIpc) is 2.93. The highest BCUT2D eigenvalue weighted by atomic mass is 16.3. The van der Waals surface area contributed by atoms with Crippen LogP contribution in [0.1, 0.15) is 25.5 Å². The van der Waals surface area contributed by atoms with E-state index in [1.165, 1.54) is 23.6 Å². The van der Waals surface area contributed by atoms with Crippen LogP contribution >= 0.6 is 0 Å². The molecule has 0 bridgehead atoms. The quantitative estimate of drug-likeness (QED) is 0.600. The Morgan fingerprint density at radius 1 is 0.895 bits per heavy atom. The lowest BCUT2D eigenvalue weighted by molar-refractivity contribution is 0.512. The first kappa shape index (κ1) is 12.0. The zero-order chi connectivity index (χ0) is 13.1. The number of rotatable bonds is 4. The molecule has 0 saturated carbocycles. The highest BCUT2D eigenvalue weighted by Gasteiger charge is 2.05. The van der Waals surface area contributed by atoms with E-state index in [2.05, 4.69) is 61.5 Å². The van der Waals surface area contributed by atoms with Gasteiger partial charge in [0.1, 0.15) is 11.5 Å². The van der Waals surface area contributed by atoms with Gasteiger partial charge < -0.3 is 4.42 Å². The molecule has 0 atom stereocenters. The number of fused-ring (bicyclic) bond motifs is 1. The van der Waals surface area contributed by atoms with E-state index < -0.39 is 0 Å². The Labute approximate surface area is 113 Å². The largest absolute Gasteiger partial charge is 0.461 e. The second kappa shape index (κ2) is 5.31. The minimum atomic E-state index is 0.969. The molecule has 1 heteroatoms. The second-order valence-corrected chi connectivity index (χ2v) is 4.93. The Balaban J connectivity index is 1.92. The molecule has 0 aliphatic rings. The van der Waals surface area contributed by atoms with Crippen LogP contribution in [0.15, 0.2) is 59.0 Å². The molecule has 1 nitrogen and oxygen atoms in total. The minimum absolute atomic E-state index is 0.969. The van der Waals surface area contributed by atoms with Crippen molar-refractivity contribution in [2.24, 2.45) is 0 Å². The fourth-order valence-electron chi connectivity index (χ4n) is 2.36. The third-order valence-corrected chi connectivity index (χ3v) is 3.47. The Morgan fingerprint density at radius 2 is 1.74 bits per heavy atom. The molecule has 0 amide bonds. The van der Waals surface area contributed by atoms with Crippen molar-refractivity contribution in [2.45, 2.75) is 26.2 Å². The Kier molecular flexibility index (Phi) is 3.37. The molecular formula is C18H18O. The van der Waals surface area contributed by atoms with Crippen LogP contribution in [0.2, 0.25) is 0 Å². The van der Waals surface area contributed by atoms with Gasteiger partial charge in [-0.05, 0) is 35.4 Å². The summed E-state index contributed by atoms with van der Waals surface area (Å²) in [5, 5.41) is 2.52. The lowest BCUT2D eigenvalue weighted by atomic mass is 10.1. The van der Waals surface area contributed by atoms with Crippen molar-refractivity contribution in [1.82, 2.24) is 0 Å². The number of hydrogen-bond donors (Lipinski definition) is 0. The normalized spacial score (nSPS) is 11.0. The maximum Gasteiger partial charge on any atom is 0.134 e. The van der Waals surface area contributed by atoms with Crippen molar-refractivity contribution < 1.29 is 4.42 Å². The Hall–Kier alpha value is -2.02. The van der Waals surface area contributed by atoms with Crippen LogP contribution in [0.3, 0.4) is 0 Å². The van der Waals surface area contributed by atoms with E-state index >= 15 is 0 Å². The molecule has 3 aromatic rings. The van der Waals surface area contributed by atoms with Crippen LogP contribution in [0.4, 0.5) is 0 Å². The van der Waals surface area contributed by atoms with Gasteiger partial charge in [0.05, 0.1) is 0 Å². The number of unbranched alkanes of at least 4 members (excludes halogenated alkanes) is 1. The molecule has 0 saturated heterocycles. The van der Waals surface area contributed by atoms with E-state index in [0.717, 1.165) is 23.5 Å². The summed E-state index contributed by atoms with van der Waals surface area (Å²) in [5.41, 5.74) is 1.15. The van der Waals surface area contributed by atoms with Gasteiger partial charge in [-0.3, -0.25) is 0 Å². The lowest BCUT2D eigenvalue weighted by Crippen LogP contribution is -1.79. The standard InChI is InChI=1S/C18H18O/c1-2-3-8-17-11-12-18(19-17)16-10-9-14-6-4-5-7-15(14)13-16/h4-7,9-13H,2-3,8H2,1H3. The molecule has 0 unspecified atom stereocenters. The fourth-order valence-corrected chi connectivity index (χ4v) is 2.36. The molecule has 1 aromatic heterocycles. The van der Waals surface area contributed by atoms with Gasteiger partial charge in [0.2, 0.25) is 0 Å². The molecule has 0 spiro atoms. The van der Waals surface area contributed by atoms with Crippen molar-refractivity contribution in [3.05, 3.63) is 60.4 Å². The Bertz CT molecular complexity index is 679. The maximum atomic E-state index is 5.92. The number of hydrogen-bond acceptors (Lipinski definition) is 1. The van der Waals surface area contributed by atoms with Crippen LogP contribution in [-0.4, -0.2) is 0 Å². The number of benzene rings is 2. The van der Waals surface area contributed by atoms with Crippen molar-refractivity contribution >= 4 is 10.8 Å². The van der Waals surface area contributed by atoms with E-state index in [1.54, 1.807) is 0 Å². The smallest absolute Gasteiger partial charge is 0.134 e. The summed E-state index contributed by atoms with van der Waals surface area (Å²) >= 11 is 0. The highest BCUT2D eigenvalue weighted by molar-refractivity contribution is 5.86. The predicted molar refractivity (Wildman–Crippen MR) is 80.3 cm³/mol. The first-order valence-electron chi connectivity index (χ1n) is 6.94. The summed E-state index contributed by atoms with van der Waals surface area (Å²) in [6.45, 7) is 2.20. The third kappa shape index (κ3) is 2.55. The first-order valence-corrected chi connectivity index (χ1v) is 6.94. The summed E-state index contributed by atoms with van der Waals surface area (Å²) < 4.78 is 5.92. The van der Waals surface area contributed by atoms with Gasteiger partial charge >= 0.3 is 0 Å². The summed E-state index contributed by atoms with van der Waals surface area (Å²) in [5.74, 6) is 2.06. The van der Waals surface area contributed by atoms with Gasteiger partial charge in [0.25, 0.3) is 0 Å². The van der Waals surface area contributed by atoms with Gasteiger partial charge in [-0.15, -0.1) is 0 Å². The molecule has 96 valence electrons. The first-order chi connectivity index (χ1) is 9.36. The van der Waals surface area contributed by atoms with Gasteiger partial charge in [-0.2, -0.15) is 0 Å². The van der Waals surface area contributed by atoms with Gasteiger partial charge in [-0.1, -0.05) is 49.7 Å². The van der Waals surface area contributed by atoms with Gasteiger partial charge in [0, 0.05) is 12.0 Å². The molecule has 19 heavy (non-hydrogen) atoms. The van der Waals surface area contributed by atoms with Crippen LogP contribution < -0.4 is 0 Å².